The summed E-state index contributed by atoms with van der Waals surface area (Å²) >= 11 is 7.24. The van der Waals surface area contributed by atoms with Crippen molar-refractivity contribution < 1.29 is 24.2 Å². The van der Waals surface area contributed by atoms with Gasteiger partial charge >= 0.3 is 5.97 Å². The highest BCUT2D eigenvalue weighted by Crippen LogP contribution is 2.33. The molecule has 152 valence electrons. The van der Waals surface area contributed by atoms with E-state index in [1.165, 1.54) is 24.5 Å². The Morgan fingerprint density at radius 3 is 2.62 bits per heavy atom. The molecule has 3 N–H and O–H groups in total. The molecule has 7 nitrogen and oxygen atoms in total. The number of aromatic carboxylic acids is 1. The number of aromatic hydroxyl groups is 1. The number of anilines is 1. The molecular formula is C19H17ClFN3O4S. The summed E-state index contributed by atoms with van der Waals surface area (Å²) in [6, 6.07) is 6.30. The van der Waals surface area contributed by atoms with Crippen LogP contribution in [0.5, 0.6) is 5.75 Å². The number of aryl methyl sites for hydroxylation is 1. The molecule has 1 unspecified atom stereocenters. The van der Waals surface area contributed by atoms with Crippen molar-refractivity contribution in [1.82, 2.24) is 9.55 Å². The summed E-state index contributed by atoms with van der Waals surface area (Å²) in [5.74, 6) is -2.07. The zero-order valence-electron chi connectivity index (χ0n) is 15.2. The summed E-state index contributed by atoms with van der Waals surface area (Å²) in [4.78, 5) is 28.1. The first-order chi connectivity index (χ1) is 13.8. The lowest BCUT2D eigenvalue weighted by Gasteiger charge is -2.08. The van der Waals surface area contributed by atoms with E-state index in [9.17, 15) is 24.2 Å². The van der Waals surface area contributed by atoms with Gasteiger partial charge in [0.2, 0.25) is 0 Å². The molecule has 0 aliphatic rings. The van der Waals surface area contributed by atoms with Gasteiger partial charge in [-0.25, -0.2) is 14.2 Å². The number of rotatable bonds is 7. The second kappa shape index (κ2) is 8.62. The molecule has 3 aromatic rings. The maximum Gasteiger partial charge on any atom is 0.339 e. The second-order valence-electron chi connectivity index (χ2n) is 6.16. The number of hydrogen-bond acceptors (Lipinski definition) is 5. The predicted octanol–water partition coefficient (Wildman–Crippen LogP) is 4.21. The SMILES string of the molecule is CCn1cc(NC(=O)C(F)Cc2sc(-c3ccc(O)cc3)nc2Cl)c(C(=O)O)c1. The number of carboxylic acids is 1. The van der Waals surface area contributed by atoms with Gasteiger partial charge in [-0.15, -0.1) is 11.3 Å². The maximum atomic E-state index is 14.6. The number of hydrogen-bond donors (Lipinski definition) is 3. The quantitative estimate of drug-likeness (QED) is 0.513. The van der Waals surface area contributed by atoms with Gasteiger partial charge in [0.25, 0.3) is 5.91 Å². The smallest absolute Gasteiger partial charge is 0.339 e. The van der Waals surface area contributed by atoms with Crippen LogP contribution in [0.2, 0.25) is 5.15 Å². The van der Waals surface area contributed by atoms with E-state index >= 15 is 0 Å². The molecule has 0 saturated carbocycles. The van der Waals surface area contributed by atoms with E-state index in [1.807, 2.05) is 6.92 Å². The number of thiazole rings is 1. The minimum atomic E-state index is -1.94. The topological polar surface area (TPSA) is 104 Å². The highest BCUT2D eigenvalue weighted by Gasteiger charge is 2.24. The van der Waals surface area contributed by atoms with Gasteiger partial charge in [-0.2, -0.15) is 0 Å². The van der Waals surface area contributed by atoms with Crippen molar-refractivity contribution in [2.24, 2.45) is 0 Å². The Hall–Kier alpha value is -2.91. The average molecular weight is 438 g/mol. The van der Waals surface area contributed by atoms with Crippen LogP contribution >= 0.6 is 22.9 Å². The Balaban J connectivity index is 1.73. The minimum absolute atomic E-state index is 0.0344. The van der Waals surface area contributed by atoms with Crippen LogP contribution in [0.1, 0.15) is 22.2 Å². The third kappa shape index (κ3) is 4.75. The molecule has 0 bridgehead atoms. The summed E-state index contributed by atoms with van der Waals surface area (Å²) in [6.07, 6.45) is 0.579. The van der Waals surface area contributed by atoms with Crippen LogP contribution in [0.15, 0.2) is 36.7 Å². The van der Waals surface area contributed by atoms with E-state index < -0.39 is 18.0 Å². The van der Waals surface area contributed by atoms with Gasteiger partial charge in [0, 0.05) is 35.8 Å². The fourth-order valence-electron chi connectivity index (χ4n) is 2.61. The number of nitrogens with one attached hydrogen (secondary N) is 1. The number of carboxylic acid groups (broad SMARTS) is 1. The molecule has 2 heterocycles. The van der Waals surface area contributed by atoms with E-state index in [0.717, 1.165) is 11.3 Å². The number of amides is 1. The molecular weight excluding hydrogens is 421 g/mol. The van der Waals surface area contributed by atoms with Crippen molar-refractivity contribution in [3.63, 3.8) is 0 Å². The highest BCUT2D eigenvalue weighted by atomic mass is 35.5. The monoisotopic (exact) mass is 437 g/mol. The summed E-state index contributed by atoms with van der Waals surface area (Å²) in [6.45, 7) is 2.32. The molecule has 3 rings (SSSR count). The van der Waals surface area contributed by atoms with Crippen LogP contribution in [-0.4, -0.2) is 37.8 Å². The van der Waals surface area contributed by atoms with Gasteiger partial charge in [-0.3, -0.25) is 4.79 Å². The number of benzene rings is 1. The Morgan fingerprint density at radius 1 is 1.31 bits per heavy atom. The fourth-order valence-corrected chi connectivity index (χ4v) is 3.92. The molecule has 0 radical (unpaired) electrons. The molecule has 0 aliphatic carbocycles. The second-order valence-corrected chi connectivity index (χ2v) is 7.60. The Kier molecular flexibility index (Phi) is 6.19. The van der Waals surface area contributed by atoms with Crippen molar-refractivity contribution in [2.45, 2.75) is 26.1 Å². The van der Waals surface area contributed by atoms with E-state index in [-0.39, 0.29) is 28.6 Å². The van der Waals surface area contributed by atoms with Crippen molar-refractivity contribution in [3.05, 3.63) is 52.3 Å². The predicted molar refractivity (Wildman–Crippen MR) is 109 cm³/mol. The lowest BCUT2D eigenvalue weighted by molar-refractivity contribution is -0.120. The highest BCUT2D eigenvalue weighted by molar-refractivity contribution is 7.15. The first-order valence-corrected chi connectivity index (χ1v) is 9.80. The third-order valence-corrected chi connectivity index (χ3v) is 5.70. The largest absolute Gasteiger partial charge is 0.508 e. The average Bonchev–Trinajstić information content (AvgIpc) is 3.26. The molecule has 0 saturated heterocycles. The van der Waals surface area contributed by atoms with E-state index in [2.05, 4.69) is 10.3 Å². The Morgan fingerprint density at radius 2 is 2.00 bits per heavy atom. The number of halogens is 2. The first kappa shape index (κ1) is 20.8. The van der Waals surface area contributed by atoms with Gasteiger partial charge < -0.3 is 20.1 Å². The maximum absolute atomic E-state index is 14.6. The molecule has 1 atom stereocenters. The van der Waals surface area contributed by atoms with Crippen LogP contribution in [0.25, 0.3) is 10.6 Å². The van der Waals surface area contributed by atoms with Crippen LogP contribution in [0.4, 0.5) is 10.1 Å². The van der Waals surface area contributed by atoms with Gasteiger partial charge in [0.15, 0.2) is 6.17 Å². The molecule has 29 heavy (non-hydrogen) atoms. The number of nitrogens with zero attached hydrogens (tertiary/aromatic N) is 2. The molecule has 0 fully saturated rings. The summed E-state index contributed by atoms with van der Waals surface area (Å²) in [5.41, 5.74) is 0.623. The van der Waals surface area contributed by atoms with Gasteiger partial charge in [-0.05, 0) is 31.2 Å². The van der Waals surface area contributed by atoms with Crippen molar-refractivity contribution in [1.29, 1.82) is 0 Å². The van der Waals surface area contributed by atoms with Gasteiger partial charge in [0.05, 0.1) is 5.69 Å². The fraction of sp³-hybridized carbons (Fsp3) is 0.211. The lowest BCUT2D eigenvalue weighted by Crippen LogP contribution is -2.26. The van der Waals surface area contributed by atoms with E-state index in [1.54, 1.807) is 16.7 Å². The standard InChI is InChI=1S/C19H17ClFN3O4S/c1-2-24-8-12(19(27)28)14(9-24)22-17(26)13(21)7-15-16(20)23-18(29-15)10-3-5-11(25)6-4-10/h3-6,8-9,13,25H,2,7H2,1H3,(H,22,26)(H,27,28). The molecule has 10 heteroatoms. The van der Waals surface area contributed by atoms with Crippen molar-refractivity contribution in [2.75, 3.05) is 5.32 Å². The zero-order chi connectivity index (χ0) is 21.1. The van der Waals surface area contributed by atoms with Crippen LogP contribution in [-0.2, 0) is 17.8 Å². The van der Waals surface area contributed by atoms with E-state index in [4.69, 9.17) is 11.6 Å². The molecule has 0 aliphatic heterocycles. The number of phenolic OH excluding ortho intramolecular Hbond substituents is 1. The summed E-state index contributed by atoms with van der Waals surface area (Å²) < 4.78 is 16.1. The Labute approximate surface area is 174 Å². The van der Waals surface area contributed by atoms with Crippen LogP contribution in [0, 0.1) is 0 Å². The zero-order valence-corrected chi connectivity index (χ0v) is 16.8. The number of phenols is 1. The number of alkyl halides is 1. The van der Waals surface area contributed by atoms with Crippen LogP contribution in [0.3, 0.4) is 0 Å². The van der Waals surface area contributed by atoms with E-state index in [0.29, 0.717) is 22.0 Å². The minimum Gasteiger partial charge on any atom is -0.508 e. The molecule has 1 aromatic carbocycles. The van der Waals surface area contributed by atoms with Crippen molar-refractivity contribution in [3.8, 4) is 16.3 Å². The third-order valence-electron chi connectivity index (χ3n) is 4.15. The number of carbonyl (C=O) groups is 2. The lowest BCUT2D eigenvalue weighted by atomic mass is 10.2. The van der Waals surface area contributed by atoms with Crippen molar-refractivity contribution >= 4 is 40.5 Å². The molecule has 1 amide bonds. The summed E-state index contributed by atoms with van der Waals surface area (Å²) in [5, 5.41) is 21.5. The van der Waals surface area contributed by atoms with Gasteiger partial charge in [-0.1, -0.05) is 11.6 Å². The number of carbonyl (C=O) groups excluding carboxylic acids is 1. The van der Waals surface area contributed by atoms with Gasteiger partial charge in [0.1, 0.15) is 21.5 Å². The normalized spacial score (nSPS) is 12.0. The summed E-state index contributed by atoms with van der Waals surface area (Å²) in [7, 11) is 0. The molecule has 0 spiro atoms. The number of aromatic nitrogens is 2. The molecule has 2 aromatic heterocycles. The first-order valence-electron chi connectivity index (χ1n) is 8.61. The van der Waals surface area contributed by atoms with Crippen LogP contribution < -0.4 is 5.32 Å². The Bertz CT molecular complexity index is 1050.